The van der Waals surface area contributed by atoms with Crippen LogP contribution in [0.2, 0.25) is 0 Å². The lowest BCUT2D eigenvalue weighted by atomic mass is 10.1. The number of amidine groups is 1. The van der Waals surface area contributed by atoms with Gasteiger partial charge in [0.15, 0.2) is 17.3 Å². The number of hydrogen-bond donors (Lipinski definition) is 4. The van der Waals surface area contributed by atoms with Crippen molar-refractivity contribution in [3.63, 3.8) is 0 Å². The van der Waals surface area contributed by atoms with Crippen LogP contribution in [0, 0.1) is 0 Å². The fourth-order valence-corrected chi connectivity index (χ4v) is 3.87. The van der Waals surface area contributed by atoms with Gasteiger partial charge in [0.2, 0.25) is 5.91 Å². The Kier molecular flexibility index (Phi) is 5.99. The molecule has 1 aliphatic rings. The Labute approximate surface area is 183 Å². The van der Waals surface area contributed by atoms with Gasteiger partial charge >= 0.3 is 0 Å². The summed E-state index contributed by atoms with van der Waals surface area (Å²) in [5.41, 5.74) is 8.47. The van der Waals surface area contributed by atoms with Crippen molar-refractivity contribution in [2.45, 2.75) is 6.17 Å². The highest BCUT2D eigenvalue weighted by atomic mass is 32.2. The van der Waals surface area contributed by atoms with Gasteiger partial charge in [-0.25, -0.2) is 9.98 Å². The predicted molar refractivity (Wildman–Crippen MR) is 124 cm³/mol. The number of para-hydroxylation sites is 1. The Bertz CT molecular complexity index is 1150. The van der Waals surface area contributed by atoms with Gasteiger partial charge in [-0.2, -0.15) is 0 Å². The predicted octanol–water partition coefficient (Wildman–Crippen LogP) is 2.83. The number of methoxy groups -OCH3 is 2. The number of hydrogen-bond acceptors (Lipinski definition) is 8. The number of nitrogens with one attached hydrogen (secondary N) is 3. The van der Waals surface area contributed by atoms with Crippen LogP contribution in [0.1, 0.15) is 11.7 Å². The number of anilines is 1. The van der Waals surface area contributed by atoms with Crippen molar-refractivity contribution in [3.8, 4) is 11.5 Å². The summed E-state index contributed by atoms with van der Waals surface area (Å²) in [5.74, 6) is 1.37. The molecule has 31 heavy (non-hydrogen) atoms. The highest BCUT2D eigenvalue weighted by Gasteiger charge is 2.20. The average Bonchev–Trinajstić information content (AvgIpc) is 3.21. The van der Waals surface area contributed by atoms with Crippen molar-refractivity contribution in [1.82, 2.24) is 10.3 Å². The van der Waals surface area contributed by atoms with Gasteiger partial charge in [0.25, 0.3) is 0 Å². The molecule has 0 fully saturated rings. The van der Waals surface area contributed by atoms with Crippen molar-refractivity contribution in [2.24, 2.45) is 15.7 Å². The molecule has 5 N–H and O–H groups in total. The number of amides is 1. The van der Waals surface area contributed by atoms with Gasteiger partial charge in [-0.15, -0.1) is 0 Å². The van der Waals surface area contributed by atoms with E-state index in [1.54, 1.807) is 32.4 Å². The minimum Gasteiger partial charge on any atom is -0.497 e. The van der Waals surface area contributed by atoms with E-state index in [4.69, 9.17) is 15.2 Å². The number of thioether (sulfide) groups is 1. The maximum atomic E-state index is 12.5. The smallest absolute Gasteiger partial charge is 0.234 e. The third-order valence-electron chi connectivity index (χ3n) is 4.61. The fourth-order valence-electron chi connectivity index (χ4n) is 3.18. The number of ether oxygens (including phenoxy) is 2. The topological polar surface area (TPSA) is 126 Å². The second-order valence-electron chi connectivity index (χ2n) is 6.68. The Balaban J connectivity index is 1.44. The largest absolute Gasteiger partial charge is 0.497 e. The van der Waals surface area contributed by atoms with E-state index in [-0.39, 0.29) is 17.6 Å². The summed E-state index contributed by atoms with van der Waals surface area (Å²) < 4.78 is 10.5. The van der Waals surface area contributed by atoms with Crippen LogP contribution in [0.25, 0.3) is 10.9 Å². The summed E-state index contributed by atoms with van der Waals surface area (Å²) in [7, 11) is 3.11. The van der Waals surface area contributed by atoms with Gasteiger partial charge in [0, 0.05) is 46.5 Å². The molecule has 0 radical (unpaired) electrons. The van der Waals surface area contributed by atoms with Gasteiger partial charge in [0.1, 0.15) is 11.5 Å². The minimum atomic E-state index is -0.481. The van der Waals surface area contributed by atoms with Crippen molar-refractivity contribution >= 4 is 45.4 Å². The zero-order valence-electron chi connectivity index (χ0n) is 17.0. The molecule has 4 rings (SSSR count). The summed E-state index contributed by atoms with van der Waals surface area (Å²) >= 11 is 1.25. The van der Waals surface area contributed by atoms with Crippen LogP contribution >= 0.6 is 11.8 Å². The molecule has 0 saturated carbocycles. The first-order valence-electron chi connectivity index (χ1n) is 9.45. The Morgan fingerprint density at radius 1 is 1.16 bits per heavy atom. The maximum absolute atomic E-state index is 12.5. The summed E-state index contributed by atoms with van der Waals surface area (Å²) in [6.07, 6.45) is 1.40. The Morgan fingerprint density at radius 2 is 1.90 bits per heavy atom. The molecule has 0 unspecified atom stereocenters. The molecule has 0 spiro atoms. The van der Waals surface area contributed by atoms with Crippen LogP contribution in [0.3, 0.4) is 0 Å². The molecule has 10 heteroatoms. The third-order valence-corrected chi connectivity index (χ3v) is 5.50. The SMILES string of the molecule is COc1cc(NC(=O)CSC2=N[C@H](c3c[nH]c4ccccc34)N=C(N)N2)cc(OC)c1. The molecule has 2 heterocycles. The first kappa shape index (κ1) is 20.6. The molecule has 0 bridgehead atoms. The van der Waals surface area contributed by atoms with Crippen LogP contribution in [0.4, 0.5) is 5.69 Å². The quantitative estimate of drug-likeness (QED) is 0.469. The summed E-state index contributed by atoms with van der Waals surface area (Å²) in [6.45, 7) is 0. The fraction of sp³-hybridized carbons (Fsp3) is 0.190. The summed E-state index contributed by atoms with van der Waals surface area (Å²) in [4.78, 5) is 24.7. The number of rotatable bonds is 6. The van der Waals surface area contributed by atoms with Crippen LogP contribution < -0.4 is 25.8 Å². The molecule has 3 aromatic rings. The van der Waals surface area contributed by atoms with Crippen molar-refractivity contribution in [3.05, 3.63) is 54.2 Å². The number of nitrogens with zero attached hydrogens (tertiary/aromatic N) is 2. The molecule has 0 aliphatic carbocycles. The second kappa shape index (κ2) is 9.00. The molecule has 1 atom stereocenters. The van der Waals surface area contributed by atoms with Crippen molar-refractivity contribution in [1.29, 1.82) is 0 Å². The normalized spacial score (nSPS) is 15.6. The first-order valence-corrected chi connectivity index (χ1v) is 10.4. The second-order valence-corrected chi connectivity index (χ2v) is 7.64. The lowest BCUT2D eigenvalue weighted by Crippen LogP contribution is -2.39. The first-order chi connectivity index (χ1) is 15.1. The molecule has 9 nitrogen and oxygen atoms in total. The van der Waals surface area contributed by atoms with E-state index in [1.807, 2.05) is 30.5 Å². The molecule has 1 aromatic heterocycles. The highest BCUT2D eigenvalue weighted by molar-refractivity contribution is 8.14. The average molecular weight is 439 g/mol. The minimum absolute atomic E-state index is 0.138. The molecular weight excluding hydrogens is 416 g/mol. The molecule has 1 aliphatic heterocycles. The zero-order valence-corrected chi connectivity index (χ0v) is 17.8. The van der Waals surface area contributed by atoms with Crippen LogP contribution in [0.5, 0.6) is 11.5 Å². The number of carbonyl (C=O) groups excluding carboxylic acids is 1. The lowest BCUT2D eigenvalue weighted by Gasteiger charge is -2.18. The number of guanidine groups is 1. The number of carbonyl (C=O) groups is 1. The maximum Gasteiger partial charge on any atom is 0.234 e. The molecule has 2 aromatic carbocycles. The van der Waals surface area contributed by atoms with Crippen molar-refractivity contribution < 1.29 is 14.3 Å². The lowest BCUT2D eigenvalue weighted by molar-refractivity contribution is -0.113. The van der Waals surface area contributed by atoms with Gasteiger partial charge in [-0.3, -0.25) is 4.79 Å². The van der Waals surface area contributed by atoms with E-state index in [0.29, 0.717) is 22.4 Å². The Hall–Kier alpha value is -3.66. The van der Waals surface area contributed by atoms with Gasteiger partial charge < -0.3 is 30.8 Å². The van der Waals surface area contributed by atoms with E-state index in [2.05, 4.69) is 25.6 Å². The van der Waals surface area contributed by atoms with E-state index in [1.165, 1.54) is 11.8 Å². The molecule has 160 valence electrons. The summed E-state index contributed by atoms with van der Waals surface area (Å²) in [5, 5.41) is 7.32. The van der Waals surface area contributed by atoms with E-state index >= 15 is 0 Å². The number of aliphatic imine (C=N–C) groups is 2. The van der Waals surface area contributed by atoms with E-state index in [0.717, 1.165) is 16.5 Å². The molecule has 0 saturated heterocycles. The standard InChI is InChI=1S/C21H22N6O3S/c1-29-13-7-12(8-14(9-13)30-2)24-18(28)11-31-21-26-19(25-20(22)27-21)16-10-23-17-6-4-3-5-15(16)17/h3-10,19,23H,11H2,1-2H3,(H,24,28)(H3,22,25,26,27)/t19-/m1/s1. The zero-order chi connectivity index (χ0) is 21.8. The number of aromatic nitrogens is 1. The number of nitrogens with two attached hydrogens (primary N) is 1. The number of aromatic amines is 1. The monoisotopic (exact) mass is 438 g/mol. The highest BCUT2D eigenvalue weighted by Crippen LogP contribution is 2.30. The molecular formula is C21H22N6O3S. The van der Waals surface area contributed by atoms with Gasteiger partial charge in [-0.1, -0.05) is 30.0 Å². The van der Waals surface area contributed by atoms with Gasteiger partial charge in [0.05, 0.1) is 20.0 Å². The van der Waals surface area contributed by atoms with Crippen LogP contribution in [-0.2, 0) is 4.79 Å². The van der Waals surface area contributed by atoms with E-state index < -0.39 is 6.17 Å². The number of fused-ring (bicyclic) bond motifs is 1. The third kappa shape index (κ3) is 4.75. The van der Waals surface area contributed by atoms with E-state index in [9.17, 15) is 4.79 Å². The Morgan fingerprint density at radius 3 is 2.65 bits per heavy atom. The van der Waals surface area contributed by atoms with Crippen molar-refractivity contribution in [2.75, 3.05) is 25.3 Å². The molecule has 1 amide bonds. The number of H-pyrrole nitrogens is 1. The van der Waals surface area contributed by atoms with Crippen LogP contribution in [-0.4, -0.2) is 42.0 Å². The van der Waals surface area contributed by atoms with Crippen LogP contribution in [0.15, 0.2) is 58.6 Å². The summed E-state index contributed by atoms with van der Waals surface area (Å²) in [6, 6.07) is 13.1. The number of benzene rings is 2. The van der Waals surface area contributed by atoms with Gasteiger partial charge in [-0.05, 0) is 6.07 Å².